The first-order valence-corrected chi connectivity index (χ1v) is 10.0. The summed E-state index contributed by atoms with van der Waals surface area (Å²) in [6, 6.07) is 8.91. The van der Waals surface area contributed by atoms with Gasteiger partial charge in [0.1, 0.15) is 5.82 Å². The van der Waals surface area contributed by atoms with Crippen molar-refractivity contribution in [2.24, 2.45) is 7.05 Å². The number of fused-ring (bicyclic) bond motifs is 1. The molecule has 0 unspecified atom stereocenters. The molecule has 1 aromatic carbocycles. The Labute approximate surface area is 157 Å². The molecule has 142 valence electrons. The van der Waals surface area contributed by atoms with Crippen LogP contribution in [0.4, 0.5) is 5.82 Å². The Hall–Kier alpha value is -1.56. The molecule has 2 fully saturated rings. The fourth-order valence-corrected chi connectivity index (χ4v) is 4.43. The topological polar surface area (TPSA) is 23.9 Å². The molecule has 3 heterocycles. The second-order valence-electron chi connectivity index (χ2n) is 7.73. The summed E-state index contributed by atoms with van der Waals surface area (Å²) in [6.07, 6.45) is 2.37. The van der Waals surface area contributed by atoms with Gasteiger partial charge in [-0.1, -0.05) is 18.2 Å². The molecule has 5 nitrogen and oxygen atoms in total. The van der Waals surface area contributed by atoms with E-state index in [4.69, 9.17) is 4.74 Å². The molecule has 1 aromatic heterocycles. The van der Waals surface area contributed by atoms with E-state index in [1.807, 2.05) is 0 Å². The third-order valence-corrected chi connectivity index (χ3v) is 5.99. The highest BCUT2D eigenvalue weighted by molar-refractivity contribution is 5.90. The van der Waals surface area contributed by atoms with Crippen molar-refractivity contribution in [2.45, 2.75) is 12.8 Å². The summed E-state index contributed by atoms with van der Waals surface area (Å²) in [5, 5.41) is 1.44. The molecule has 0 aliphatic carbocycles. The van der Waals surface area contributed by atoms with Crippen LogP contribution in [-0.4, -0.2) is 80.4 Å². The van der Waals surface area contributed by atoms with E-state index in [9.17, 15) is 0 Å². The van der Waals surface area contributed by atoms with Crippen molar-refractivity contribution >= 4 is 16.7 Å². The van der Waals surface area contributed by atoms with Crippen LogP contribution in [0.15, 0.2) is 24.3 Å². The molecular weight excluding hydrogens is 324 g/mol. The van der Waals surface area contributed by atoms with Crippen LogP contribution < -0.4 is 4.90 Å². The van der Waals surface area contributed by atoms with Crippen molar-refractivity contribution in [1.82, 2.24) is 14.4 Å². The fourth-order valence-electron chi connectivity index (χ4n) is 4.43. The maximum Gasteiger partial charge on any atom is 0.112 e. The number of benzene rings is 1. The Bertz CT molecular complexity index is 727. The number of para-hydroxylation sites is 1. The average Bonchev–Trinajstić information content (AvgIpc) is 2.96. The van der Waals surface area contributed by atoms with Gasteiger partial charge in [-0.2, -0.15) is 0 Å². The maximum atomic E-state index is 5.48. The Morgan fingerprint density at radius 1 is 0.923 bits per heavy atom. The van der Waals surface area contributed by atoms with E-state index in [2.05, 4.69) is 57.6 Å². The minimum Gasteiger partial charge on any atom is -0.379 e. The zero-order chi connectivity index (χ0) is 17.9. The van der Waals surface area contributed by atoms with Crippen LogP contribution in [0.25, 0.3) is 10.9 Å². The van der Waals surface area contributed by atoms with Gasteiger partial charge in [0.05, 0.1) is 13.2 Å². The lowest BCUT2D eigenvalue weighted by molar-refractivity contribution is 0.0375. The Morgan fingerprint density at radius 3 is 2.42 bits per heavy atom. The predicted octanol–water partition coefficient (Wildman–Crippen LogP) is 2.19. The number of nitrogens with zero attached hydrogens (tertiary/aromatic N) is 4. The number of hydrogen-bond donors (Lipinski definition) is 0. The molecule has 2 aromatic rings. The lowest BCUT2D eigenvalue weighted by Crippen LogP contribution is -2.45. The Kier molecular flexibility index (Phi) is 5.48. The maximum absolute atomic E-state index is 5.48. The smallest absolute Gasteiger partial charge is 0.112 e. The first-order valence-electron chi connectivity index (χ1n) is 10.0. The SMILES string of the molecule is CN1CCN(c2c(CCCN3CCOCC3)c3ccccc3n2C)CC1. The van der Waals surface area contributed by atoms with E-state index in [-0.39, 0.29) is 0 Å². The van der Waals surface area contributed by atoms with Gasteiger partial charge in [0.15, 0.2) is 0 Å². The predicted molar refractivity (Wildman–Crippen MR) is 108 cm³/mol. The minimum absolute atomic E-state index is 0.890. The number of rotatable bonds is 5. The molecule has 5 heteroatoms. The van der Waals surface area contributed by atoms with E-state index in [1.54, 1.807) is 5.56 Å². The van der Waals surface area contributed by atoms with E-state index >= 15 is 0 Å². The van der Waals surface area contributed by atoms with Gasteiger partial charge in [-0.15, -0.1) is 0 Å². The quantitative estimate of drug-likeness (QED) is 0.820. The van der Waals surface area contributed by atoms with Crippen LogP contribution in [0, 0.1) is 0 Å². The molecule has 0 atom stereocenters. The first-order chi connectivity index (χ1) is 12.7. The van der Waals surface area contributed by atoms with Crippen LogP contribution in [0.5, 0.6) is 0 Å². The number of piperazine rings is 1. The number of aromatic nitrogens is 1. The molecule has 2 aliphatic rings. The molecule has 26 heavy (non-hydrogen) atoms. The van der Waals surface area contributed by atoms with Crippen molar-refractivity contribution in [1.29, 1.82) is 0 Å². The fraction of sp³-hybridized carbons (Fsp3) is 0.619. The van der Waals surface area contributed by atoms with Crippen molar-refractivity contribution in [3.63, 3.8) is 0 Å². The highest BCUT2D eigenvalue weighted by Crippen LogP contribution is 2.33. The molecule has 0 amide bonds. The van der Waals surface area contributed by atoms with Gasteiger partial charge in [0, 0.05) is 62.8 Å². The summed E-state index contributed by atoms with van der Waals surface area (Å²) < 4.78 is 7.90. The van der Waals surface area contributed by atoms with E-state index in [0.717, 1.165) is 58.9 Å². The highest BCUT2D eigenvalue weighted by Gasteiger charge is 2.23. The molecule has 0 bridgehead atoms. The number of aryl methyl sites for hydroxylation is 2. The second-order valence-corrected chi connectivity index (χ2v) is 7.73. The van der Waals surface area contributed by atoms with Crippen molar-refractivity contribution in [3.05, 3.63) is 29.8 Å². The van der Waals surface area contributed by atoms with Crippen LogP contribution in [0.3, 0.4) is 0 Å². The van der Waals surface area contributed by atoms with E-state index < -0.39 is 0 Å². The van der Waals surface area contributed by atoms with Crippen LogP contribution in [0.1, 0.15) is 12.0 Å². The number of anilines is 1. The number of hydrogen-bond acceptors (Lipinski definition) is 4. The standard InChI is InChI=1S/C21H32N4O/c1-22-10-12-25(13-11-22)21-19(7-5-9-24-14-16-26-17-15-24)18-6-3-4-8-20(18)23(21)2/h3-4,6,8H,5,7,9-17H2,1-2H3. The molecule has 0 spiro atoms. The van der Waals surface area contributed by atoms with E-state index in [0.29, 0.717) is 0 Å². The zero-order valence-corrected chi connectivity index (χ0v) is 16.3. The summed E-state index contributed by atoms with van der Waals surface area (Å²) >= 11 is 0. The third kappa shape index (κ3) is 3.61. The summed E-state index contributed by atoms with van der Waals surface area (Å²) in [5.74, 6) is 1.45. The number of likely N-dealkylation sites (N-methyl/N-ethyl adjacent to an activating group) is 1. The average molecular weight is 357 g/mol. The molecular formula is C21H32N4O. The van der Waals surface area contributed by atoms with Crippen LogP contribution >= 0.6 is 0 Å². The van der Waals surface area contributed by atoms with Gasteiger partial charge in [0.25, 0.3) is 0 Å². The van der Waals surface area contributed by atoms with Gasteiger partial charge < -0.3 is 19.1 Å². The van der Waals surface area contributed by atoms with Crippen LogP contribution in [-0.2, 0) is 18.2 Å². The molecule has 0 saturated carbocycles. The molecule has 2 saturated heterocycles. The summed E-state index contributed by atoms with van der Waals surface area (Å²) in [7, 11) is 4.46. The van der Waals surface area contributed by atoms with Gasteiger partial charge in [-0.3, -0.25) is 4.90 Å². The van der Waals surface area contributed by atoms with Crippen LogP contribution in [0.2, 0.25) is 0 Å². The first kappa shape index (κ1) is 17.8. The summed E-state index contributed by atoms with van der Waals surface area (Å²) in [4.78, 5) is 7.57. The number of morpholine rings is 1. The zero-order valence-electron chi connectivity index (χ0n) is 16.3. The van der Waals surface area contributed by atoms with E-state index in [1.165, 1.54) is 29.7 Å². The minimum atomic E-state index is 0.890. The summed E-state index contributed by atoms with van der Waals surface area (Å²) in [5.41, 5.74) is 2.91. The largest absolute Gasteiger partial charge is 0.379 e. The normalized spacial score (nSPS) is 20.2. The van der Waals surface area contributed by atoms with Gasteiger partial charge in [-0.25, -0.2) is 0 Å². The molecule has 0 radical (unpaired) electrons. The Morgan fingerprint density at radius 2 is 1.65 bits per heavy atom. The number of ether oxygens (including phenoxy) is 1. The van der Waals surface area contributed by atoms with Crippen molar-refractivity contribution in [3.8, 4) is 0 Å². The molecule has 4 rings (SSSR count). The van der Waals surface area contributed by atoms with Gasteiger partial charge >= 0.3 is 0 Å². The lowest BCUT2D eigenvalue weighted by atomic mass is 10.1. The van der Waals surface area contributed by atoms with Gasteiger partial charge in [-0.05, 0) is 32.5 Å². The lowest BCUT2D eigenvalue weighted by Gasteiger charge is -2.35. The Balaban J connectivity index is 1.56. The monoisotopic (exact) mass is 356 g/mol. The third-order valence-electron chi connectivity index (χ3n) is 5.99. The molecule has 2 aliphatic heterocycles. The summed E-state index contributed by atoms with van der Waals surface area (Å²) in [6.45, 7) is 9.66. The molecule has 0 N–H and O–H groups in total. The van der Waals surface area contributed by atoms with Crippen molar-refractivity contribution in [2.75, 3.05) is 71.0 Å². The van der Waals surface area contributed by atoms with Crippen molar-refractivity contribution < 1.29 is 4.74 Å². The highest BCUT2D eigenvalue weighted by atomic mass is 16.5. The van der Waals surface area contributed by atoms with Gasteiger partial charge in [0.2, 0.25) is 0 Å². The second kappa shape index (κ2) is 7.99.